The average Bonchev–Trinajstić information content (AvgIpc) is 2.68. The summed E-state index contributed by atoms with van der Waals surface area (Å²) in [5, 5.41) is 2.84. The Bertz CT molecular complexity index is 958. The molecular weight excluding hydrogens is 464 g/mol. The Kier molecular flexibility index (Phi) is 8.47. The number of amides is 1. The lowest BCUT2D eigenvalue weighted by Gasteiger charge is -2.10. The van der Waals surface area contributed by atoms with E-state index in [0.717, 1.165) is 22.3 Å². The van der Waals surface area contributed by atoms with Crippen molar-refractivity contribution in [1.82, 2.24) is 4.98 Å². The van der Waals surface area contributed by atoms with Gasteiger partial charge in [0, 0.05) is 10.2 Å². The molecule has 0 aliphatic carbocycles. The number of carbonyl (C=O) groups is 3. The van der Waals surface area contributed by atoms with E-state index in [4.69, 9.17) is 9.47 Å². The largest absolute Gasteiger partial charge is 0.462 e. The van der Waals surface area contributed by atoms with Gasteiger partial charge in [0.25, 0.3) is 5.56 Å². The molecule has 0 aliphatic heterocycles. The summed E-state index contributed by atoms with van der Waals surface area (Å²) < 4.78 is 10.7. The van der Waals surface area contributed by atoms with Gasteiger partial charge in [-0.2, -0.15) is 0 Å². The lowest BCUT2D eigenvalue weighted by atomic mass is 10.2. The minimum absolute atomic E-state index is 0.0176. The molecule has 0 unspecified atom stereocenters. The van der Waals surface area contributed by atoms with E-state index in [0.29, 0.717) is 5.69 Å². The summed E-state index contributed by atoms with van der Waals surface area (Å²) in [7, 11) is 0. The van der Waals surface area contributed by atoms with Crippen LogP contribution in [0.25, 0.3) is 0 Å². The maximum atomic E-state index is 12.3. The summed E-state index contributed by atoms with van der Waals surface area (Å²) in [6.45, 7) is 3.43. The van der Waals surface area contributed by atoms with Gasteiger partial charge in [0.05, 0.1) is 29.6 Å². The third kappa shape index (κ3) is 6.47. The SMILES string of the molecule is CCOC(=O)c1cc(C(=O)OCC)c(=O)[nH]c1SCC(=O)Nc1ccc(Br)cc1. The number of ether oxygens (including phenoxy) is 2. The summed E-state index contributed by atoms with van der Waals surface area (Å²) in [4.78, 5) is 51.1. The van der Waals surface area contributed by atoms with Crippen LogP contribution in [0.1, 0.15) is 34.6 Å². The predicted molar refractivity (Wildman–Crippen MR) is 112 cm³/mol. The molecule has 29 heavy (non-hydrogen) atoms. The van der Waals surface area contributed by atoms with Gasteiger partial charge >= 0.3 is 11.9 Å². The van der Waals surface area contributed by atoms with E-state index in [-0.39, 0.29) is 41.0 Å². The second-order valence-corrected chi connectivity index (χ2v) is 7.44. The lowest BCUT2D eigenvalue weighted by molar-refractivity contribution is -0.113. The average molecular weight is 483 g/mol. The van der Waals surface area contributed by atoms with Gasteiger partial charge in [-0.1, -0.05) is 27.7 Å². The van der Waals surface area contributed by atoms with Crippen LogP contribution in [0.2, 0.25) is 0 Å². The minimum atomic E-state index is -0.844. The molecule has 154 valence electrons. The molecule has 1 heterocycles. The first kappa shape index (κ1) is 22.7. The Morgan fingerprint density at radius 1 is 1.03 bits per heavy atom. The van der Waals surface area contributed by atoms with Crippen LogP contribution in [0, 0.1) is 0 Å². The highest BCUT2D eigenvalue weighted by atomic mass is 79.9. The summed E-state index contributed by atoms with van der Waals surface area (Å²) in [5.74, 6) is -1.96. The van der Waals surface area contributed by atoms with Gasteiger partial charge in [-0.05, 0) is 44.2 Å². The fraction of sp³-hybridized carbons (Fsp3) is 0.263. The molecular formula is C19H19BrN2O6S. The Morgan fingerprint density at radius 3 is 2.21 bits per heavy atom. The first-order valence-electron chi connectivity index (χ1n) is 8.65. The van der Waals surface area contributed by atoms with Crippen LogP contribution in [0.5, 0.6) is 0 Å². The minimum Gasteiger partial charge on any atom is -0.462 e. The number of pyridine rings is 1. The van der Waals surface area contributed by atoms with Crippen LogP contribution in [0.15, 0.2) is 44.6 Å². The summed E-state index contributed by atoms with van der Waals surface area (Å²) >= 11 is 4.26. The molecule has 0 fully saturated rings. The van der Waals surface area contributed by atoms with E-state index < -0.39 is 17.5 Å². The fourth-order valence-corrected chi connectivity index (χ4v) is 3.29. The number of nitrogens with one attached hydrogen (secondary N) is 2. The van der Waals surface area contributed by atoms with Gasteiger partial charge in [-0.25, -0.2) is 9.59 Å². The first-order valence-corrected chi connectivity index (χ1v) is 10.4. The number of halogens is 1. The molecule has 0 saturated heterocycles. The number of thioether (sulfide) groups is 1. The van der Waals surface area contributed by atoms with Gasteiger partial charge in [-0.15, -0.1) is 0 Å². The van der Waals surface area contributed by atoms with Crippen LogP contribution in [-0.2, 0) is 14.3 Å². The number of anilines is 1. The van der Waals surface area contributed by atoms with Gasteiger partial charge in [0.15, 0.2) is 0 Å². The molecule has 0 saturated carbocycles. The van der Waals surface area contributed by atoms with Crippen molar-refractivity contribution >= 4 is 51.2 Å². The normalized spacial score (nSPS) is 10.3. The zero-order valence-corrected chi connectivity index (χ0v) is 18.1. The van der Waals surface area contributed by atoms with Crippen molar-refractivity contribution in [3.8, 4) is 0 Å². The standard InChI is InChI=1S/C19H19BrN2O6S/c1-3-27-18(25)13-9-14(19(26)28-4-2)17(22-16(13)24)29-10-15(23)21-12-7-5-11(20)6-8-12/h5-9H,3-4,10H2,1-2H3,(H,21,23)(H,22,24). The number of esters is 2. The molecule has 0 radical (unpaired) electrons. The van der Waals surface area contributed by atoms with Gasteiger partial charge < -0.3 is 19.8 Å². The third-order valence-corrected chi connectivity index (χ3v) is 5.02. The van der Waals surface area contributed by atoms with Crippen LogP contribution in [0.3, 0.4) is 0 Å². The van der Waals surface area contributed by atoms with Crippen molar-refractivity contribution in [2.24, 2.45) is 0 Å². The van der Waals surface area contributed by atoms with Crippen molar-refractivity contribution in [2.75, 3.05) is 24.3 Å². The van der Waals surface area contributed by atoms with Crippen LogP contribution in [-0.4, -0.2) is 41.8 Å². The number of aromatic amines is 1. The van der Waals surface area contributed by atoms with E-state index in [1.165, 1.54) is 0 Å². The number of carbonyl (C=O) groups excluding carboxylic acids is 3. The number of hydrogen-bond acceptors (Lipinski definition) is 7. The summed E-state index contributed by atoms with van der Waals surface area (Å²) in [6, 6.07) is 8.16. The zero-order chi connectivity index (χ0) is 21.4. The molecule has 0 aliphatic rings. The van der Waals surface area contributed by atoms with E-state index in [2.05, 4.69) is 26.2 Å². The smallest absolute Gasteiger partial charge is 0.343 e. The van der Waals surface area contributed by atoms with Crippen molar-refractivity contribution in [1.29, 1.82) is 0 Å². The van der Waals surface area contributed by atoms with Crippen molar-refractivity contribution in [3.05, 3.63) is 56.3 Å². The number of rotatable bonds is 8. The van der Waals surface area contributed by atoms with Crippen molar-refractivity contribution < 1.29 is 23.9 Å². The number of benzene rings is 1. The Labute approximate surface area is 179 Å². The lowest BCUT2D eigenvalue weighted by Crippen LogP contribution is -2.23. The van der Waals surface area contributed by atoms with Gasteiger partial charge in [-0.3, -0.25) is 9.59 Å². The molecule has 1 aromatic heterocycles. The second-order valence-electron chi connectivity index (χ2n) is 5.54. The predicted octanol–water partition coefficient (Wildman–Crippen LogP) is 3.22. The first-order chi connectivity index (χ1) is 13.8. The molecule has 1 aromatic carbocycles. The molecule has 1 amide bonds. The molecule has 8 nitrogen and oxygen atoms in total. The van der Waals surface area contributed by atoms with Crippen LogP contribution >= 0.6 is 27.7 Å². The van der Waals surface area contributed by atoms with E-state index >= 15 is 0 Å². The second kappa shape index (κ2) is 10.8. The molecule has 0 atom stereocenters. The number of hydrogen-bond donors (Lipinski definition) is 2. The molecule has 0 bridgehead atoms. The summed E-state index contributed by atoms with van der Waals surface area (Å²) in [5.41, 5.74) is -0.433. The van der Waals surface area contributed by atoms with Gasteiger partial charge in [0.1, 0.15) is 5.56 Å². The van der Waals surface area contributed by atoms with Crippen LogP contribution in [0.4, 0.5) is 5.69 Å². The maximum absolute atomic E-state index is 12.3. The zero-order valence-electron chi connectivity index (χ0n) is 15.7. The van der Waals surface area contributed by atoms with Gasteiger partial charge in [0.2, 0.25) is 5.91 Å². The maximum Gasteiger partial charge on any atom is 0.343 e. The quantitative estimate of drug-likeness (QED) is 0.438. The highest BCUT2D eigenvalue weighted by molar-refractivity contribution is 9.10. The monoisotopic (exact) mass is 482 g/mol. The van der Waals surface area contributed by atoms with E-state index in [1.54, 1.807) is 38.1 Å². The molecule has 2 N–H and O–H groups in total. The number of H-pyrrole nitrogens is 1. The Balaban J connectivity index is 2.21. The molecule has 2 aromatic rings. The highest BCUT2D eigenvalue weighted by Gasteiger charge is 2.21. The van der Waals surface area contributed by atoms with E-state index in [9.17, 15) is 19.2 Å². The summed E-state index contributed by atoms with van der Waals surface area (Å²) in [6.07, 6.45) is 0. The Morgan fingerprint density at radius 2 is 1.62 bits per heavy atom. The molecule has 10 heteroatoms. The van der Waals surface area contributed by atoms with E-state index in [1.807, 2.05) is 0 Å². The number of aromatic nitrogens is 1. The Hall–Kier alpha value is -2.59. The van der Waals surface area contributed by atoms with Crippen molar-refractivity contribution in [3.63, 3.8) is 0 Å². The highest BCUT2D eigenvalue weighted by Crippen LogP contribution is 2.22. The molecule has 0 spiro atoms. The van der Waals surface area contributed by atoms with Crippen molar-refractivity contribution in [2.45, 2.75) is 18.9 Å². The molecule has 2 rings (SSSR count). The van der Waals surface area contributed by atoms with Crippen LogP contribution < -0.4 is 10.9 Å². The fourth-order valence-electron chi connectivity index (χ4n) is 2.22. The topological polar surface area (TPSA) is 115 Å². The third-order valence-electron chi connectivity index (χ3n) is 3.47.